The second-order valence-corrected chi connectivity index (χ2v) is 3.94. The highest BCUT2D eigenvalue weighted by atomic mass is 16.7. The maximum atomic E-state index is 5.15. The fourth-order valence-electron chi connectivity index (χ4n) is 1.67. The van der Waals surface area contributed by atoms with Crippen LogP contribution in [0.1, 0.15) is 46.0 Å². The Morgan fingerprint density at radius 3 is 2.13 bits per heavy atom. The molecule has 0 aromatic rings. The van der Waals surface area contributed by atoms with Crippen LogP contribution in [0.4, 0.5) is 0 Å². The minimum atomic E-state index is -0.119. The number of unbranched alkanes of at least 4 members (excludes halogenated alkanes) is 1. The molecule has 1 unspecified atom stereocenters. The number of hydrogen-bond acceptors (Lipinski definition) is 3. The van der Waals surface area contributed by atoms with Crippen LogP contribution in [0.3, 0.4) is 0 Å². The molecular formula is C12H27NO2. The lowest BCUT2D eigenvalue weighted by molar-refractivity contribution is -0.100. The number of rotatable bonds is 10. The van der Waals surface area contributed by atoms with E-state index in [0.717, 1.165) is 6.54 Å². The van der Waals surface area contributed by atoms with Crippen molar-refractivity contribution in [2.75, 3.05) is 20.8 Å². The summed E-state index contributed by atoms with van der Waals surface area (Å²) < 4.78 is 10.3. The Labute approximate surface area is 94.5 Å². The van der Waals surface area contributed by atoms with Gasteiger partial charge < -0.3 is 14.8 Å². The SMILES string of the molecule is CCCCC(CCC)NCC(OC)OC. The summed E-state index contributed by atoms with van der Waals surface area (Å²) in [5.41, 5.74) is 0. The van der Waals surface area contributed by atoms with Crippen molar-refractivity contribution in [1.82, 2.24) is 5.32 Å². The van der Waals surface area contributed by atoms with Crippen LogP contribution in [0.2, 0.25) is 0 Å². The third-order valence-corrected chi connectivity index (χ3v) is 2.64. The maximum absolute atomic E-state index is 5.15. The van der Waals surface area contributed by atoms with Gasteiger partial charge in [0, 0.05) is 26.8 Å². The van der Waals surface area contributed by atoms with E-state index >= 15 is 0 Å². The molecule has 0 fully saturated rings. The fraction of sp³-hybridized carbons (Fsp3) is 1.00. The first-order chi connectivity index (χ1) is 7.28. The molecule has 0 aliphatic heterocycles. The van der Waals surface area contributed by atoms with Crippen LogP contribution >= 0.6 is 0 Å². The van der Waals surface area contributed by atoms with E-state index in [2.05, 4.69) is 19.2 Å². The van der Waals surface area contributed by atoms with Crippen LogP contribution in [-0.4, -0.2) is 33.1 Å². The van der Waals surface area contributed by atoms with E-state index in [4.69, 9.17) is 9.47 Å². The van der Waals surface area contributed by atoms with Crippen LogP contribution in [0, 0.1) is 0 Å². The Hall–Kier alpha value is -0.120. The molecule has 1 N–H and O–H groups in total. The van der Waals surface area contributed by atoms with Gasteiger partial charge in [-0.2, -0.15) is 0 Å². The second kappa shape index (κ2) is 10.4. The average molecular weight is 217 g/mol. The number of methoxy groups -OCH3 is 2. The molecule has 0 aromatic carbocycles. The summed E-state index contributed by atoms with van der Waals surface area (Å²) in [6, 6.07) is 0.614. The third kappa shape index (κ3) is 7.77. The van der Waals surface area contributed by atoms with Gasteiger partial charge in [0.15, 0.2) is 6.29 Å². The molecule has 0 spiro atoms. The Bertz CT molecular complexity index is 127. The van der Waals surface area contributed by atoms with Gasteiger partial charge in [0.1, 0.15) is 0 Å². The van der Waals surface area contributed by atoms with E-state index in [1.165, 1.54) is 32.1 Å². The zero-order valence-corrected chi connectivity index (χ0v) is 10.7. The van der Waals surface area contributed by atoms with Crippen LogP contribution in [0.25, 0.3) is 0 Å². The molecular weight excluding hydrogens is 190 g/mol. The van der Waals surface area contributed by atoms with Crippen LogP contribution in [0.15, 0.2) is 0 Å². The predicted octanol–water partition coefficient (Wildman–Crippen LogP) is 2.55. The van der Waals surface area contributed by atoms with Gasteiger partial charge in [0.2, 0.25) is 0 Å². The molecule has 15 heavy (non-hydrogen) atoms. The summed E-state index contributed by atoms with van der Waals surface area (Å²) in [6.45, 7) is 5.24. The first kappa shape index (κ1) is 14.9. The summed E-state index contributed by atoms with van der Waals surface area (Å²) in [7, 11) is 3.35. The summed E-state index contributed by atoms with van der Waals surface area (Å²) in [4.78, 5) is 0. The highest BCUT2D eigenvalue weighted by molar-refractivity contribution is 4.67. The van der Waals surface area contributed by atoms with Crippen LogP contribution in [0.5, 0.6) is 0 Å². The van der Waals surface area contributed by atoms with Crippen molar-refractivity contribution < 1.29 is 9.47 Å². The monoisotopic (exact) mass is 217 g/mol. The molecule has 0 amide bonds. The van der Waals surface area contributed by atoms with Crippen molar-refractivity contribution >= 4 is 0 Å². The third-order valence-electron chi connectivity index (χ3n) is 2.64. The smallest absolute Gasteiger partial charge is 0.169 e. The van der Waals surface area contributed by atoms with E-state index in [1.807, 2.05) is 0 Å². The number of nitrogens with one attached hydrogen (secondary N) is 1. The van der Waals surface area contributed by atoms with Gasteiger partial charge in [0.05, 0.1) is 0 Å². The molecule has 0 saturated heterocycles. The topological polar surface area (TPSA) is 30.5 Å². The van der Waals surface area contributed by atoms with E-state index in [9.17, 15) is 0 Å². The molecule has 92 valence electrons. The minimum Gasteiger partial charge on any atom is -0.355 e. The largest absolute Gasteiger partial charge is 0.355 e. The van der Waals surface area contributed by atoms with Crippen molar-refractivity contribution in [3.63, 3.8) is 0 Å². The lowest BCUT2D eigenvalue weighted by atomic mass is 10.1. The van der Waals surface area contributed by atoms with Crippen molar-refractivity contribution in [2.24, 2.45) is 0 Å². The standard InChI is InChI=1S/C12H27NO2/c1-5-7-9-11(8-6-2)13-10-12(14-3)15-4/h11-13H,5-10H2,1-4H3. The van der Waals surface area contributed by atoms with E-state index in [-0.39, 0.29) is 6.29 Å². The summed E-state index contributed by atoms with van der Waals surface area (Å²) in [6.07, 6.45) is 6.16. The quantitative estimate of drug-likeness (QED) is 0.570. The first-order valence-electron chi connectivity index (χ1n) is 6.07. The summed E-state index contributed by atoms with van der Waals surface area (Å²) in [5.74, 6) is 0. The van der Waals surface area contributed by atoms with Crippen molar-refractivity contribution in [3.05, 3.63) is 0 Å². The summed E-state index contributed by atoms with van der Waals surface area (Å²) >= 11 is 0. The fourth-order valence-corrected chi connectivity index (χ4v) is 1.67. The van der Waals surface area contributed by atoms with Gasteiger partial charge in [-0.3, -0.25) is 0 Å². The maximum Gasteiger partial charge on any atom is 0.169 e. The number of ether oxygens (including phenoxy) is 2. The van der Waals surface area contributed by atoms with E-state index < -0.39 is 0 Å². The second-order valence-electron chi connectivity index (χ2n) is 3.94. The highest BCUT2D eigenvalue weighted by Gasteiger charge is 2.10. The van der Waals surface area contributed by atoms with Crippen molar-refractivity contribution in [1.29, 1.82) is 0 Å². The van der Waals surface area contributed by atoms with Crippen LogP contribution in [-0.2, 0) is 9.47 Å². The van der Waals surface area contributed by atoms with Crippen molar-refractivity contribution in [2.45, 2.75) is 58.3 Å². The average Bonchev–Trinajstić information content (AvgIpc) is 2.27. The van der Waals surface area contributed by atoms with Gasteiger partial charge in [0.25, 0.3) is 0 Å². The molecule has 1 atom stereocenters. The number of hydrogen-bond donors (Lipinski definition) is 1. The van der Waals surface area contributed by atoms with Gasteiger partial charge in [-0.1, -0.05) is 33.1 Å². The molecule has 0 aromatic heterocycles. The summed E-state index contributed by atoms with van der Waals surface area (Å²) in [5, 5.41) is 3.51. The Balaban J connectivity index is 3.72. The van der Waals surface area contributed by atoms with Crippen LogP contribution < -0.4 is 5.32 Å². The Kier molecular flexibility index (Phi) is 10.3. The molecule has 3 nitrogen and oxygen atoms in total. The Morgan fingerprint density at radius 2 is 1.67 bits per heavy atom. The molecule has 0 saturated carbocycles. The lowest BCUT2D eigenvalue weighted by Gasteiger charge is -2.21. The molecule has 3 heteroatoms. The first-order valence-corrected chi connectivity index (χ1v) is 6.07. The highest BCUT2D eigenvalue weighted by Crippen LogP contribution is 2.07. The Morgan fingerprint density at radius 1 is 1.00 bits per heavy atom. The van der Waals surface area contributed by atoms with Gasteiger partial charge in [-0.15, -0.1) is 0 Å². The molecule has 0 radical (unpaired) electrons. The van der Waals surface area contributed by atoms with Gasteiger partial charge in [-0.05, 0) is 12.8 Å². The zero-order valence-electron chi connectivity index (χ0n) is 10.7. The molecule has 0 aliphatic carbocycles. The van der Waals surface area contributed by atoms with E-state index in [1.54, 1.807) is 14.2 Å². The normalized spacial score (nSPS) is 13.4. The van der Waals surface area contributed by atoms with E-state index in [0.29, 0.717) is 6.04 Å². The van der Waals surface area contributed by atoms with Crippen molar-refractivity contribution in [3.8, 4) is 0 Å². The van der Waals surface area contributed by atoms with Gasteiger partial charge in [-0.25, -0.2) is 0 Å². The lowest BCUT2D eigenvalue weighted by Crippen LogP contribution is -2.37. The predicted molar refractivity (Wildman–Crippen MR) is 64.0 cm³/mol. The molecule has 0 heterocycles. The minimum absolute atomic E-state index is 0.119. The molecule has 0 bridgehead atoms. The molecule has 0 aliphatic rings. The van der Waals surface area contributed by atoms with Gasteiger partial charge >= 0.3 is 0 Å². The molecule has 0 rings (SSSR count). The zero-order chi connectivity index (χ0) is 11.5.